The van der Waals surface area contributed by atoms with E-state index in [1.54, 1.807) is 24.3 Å². The average molecular weight is 376 g/mol. The summed E-state index contributed by atoms with van der Waals surface area (Å²) in [7, 11) is 0. The van der Waals surface area contributed by atoms with Gasteiger partial charge in [-0.25, -0.2) is 0 Å². The van der Waals surface area contributed by atoms with Gasteiger partial charge in [-0.15, -0.1) is 12.4 Å². The molecular formula is C20H26ClN3O2. The number of rotatable bonds is 7. The van der Waals surface area contributed by atoms with Crippen LogP contribution in [0, 0.1) is 6.92 Å². The van der Waals surface area contributed by atoms with Crippen LogP contribution in [0.15, 0.2) is 48.5 Å². The molecule has 1 atom stereocenters. The maximum absolute atomic E-state index is 12.5. The molecule has 0 radical (unpaired) electrons. The fourth-order valence-electron chi connectivity index (χ4n) is 2.44. The summed E-state index contributed by atoms with van der Waals surface area (Å²) in [4.78, 5) is 24.6. The molecule has 0 saturated heterocycles. The molecule has 4 N–H and O–H groups in total. The van der Waals surface area contributed by atoms with E-state index >= 15 is 0 Å². The molecule has 0 aliphatic rings. The predicted octanol–water partition coefficient (Wildman–Crippen LogP) is 3.41. The molecule has 140 valence electrons. The molecule has 5 nitrogen and oxygen atoms in total. The van der Waals surface area contributed by atoms with Crippen molar-refractivity contribution in [3.05, 3.63) is 65.2 Å². The van der Waals surface area contributed by atoms with Gasteiger partial charge in [0.2, 0.25) is 5.91 Å². The fraction of sp³-hybridized carbons (Fsp3) is 0.300. The number of aryl methyl sites for hydroxylation is 1. The van der Waals surface area contributed by atoms with Gasteiger partial charge < -0.3 is 16.4 Å². The zero-order valence-corrected chi connectivity index (χ0v) is 15.9. The number of anilines is 1. The normalized spacial score (nSPS) is 11.2. The van der Waals surface area contributed by atoms with E-state index in [0.717, 1.165) is 12.0 Å². The number of hydrogen-bond acceptors (Lipinski definition) is 3. The van der Waals surface area contributed by atoms with Crippen molar-refractivity contribution in [3.63, 3.8) is 0 Å². The molecule has 2 rings (SSSR count). The zero-order valence-electron chi connectivity index (χ0n) is 15.1. The second-order valence-electron chi connectivity index (χ2n) is 6.10. The van der Waals surface area contributed by atoms with Crippen molar-refractivity contribution in [2.45, 2.75) is 39.3 Å². The lowest BCUT2D eigenvalue weighted by Crippen LogP contribution is -2.36. The number of carbonyl (C=O) groups is 2. The first-order chi connectivity index (χ1) is 12.0. The number of nitrogens with two attached hydrogens (primary N) is 1. The van der Waals surface area contributed by atoms with Gasteiger partial charge in [-0.05, 0) is 31.0 Å². The minimum Gasteiger partial charge on any atom is -0.348 e. The maximum atomic E-state index is 12.5. The van der Waals surface area contributed by atoms with Crippen molar-refractivity contribution in [2.75, 3.05) is 5.32 Å². The highest BCUT2D eigenvalue weighted by Gasteiger charge is 2.16. The van der Waals surface area contributed by atoms with Gasteiger partial charge in [-0.1, -0.05) is 55.3 Å². The van der Waals surface area contributed by atoms with E-state index in [1.165, 1.54) is 5.56 Å². The highest BCUT2D eigenvalue weighted by Crippen LogP contribution is 2.16. The van der Waals surface area contributed by atoms with Crippen molar-refractivity contribution in [2.24, 2.45) is 5.73 Å². The largest absolute Gasteiger partial charge is 0.348 e. The minimum atomic E-state index is -0.575. The Hall–Kier alpha value is -2.37. The molecule has 6 heteroatoms. The van der Waals surface area contributed by atoms with E-state index in [1.807, 2.05) is 38.1 Å². The van der Waals surface area contributed by atoms with Crippen molar-refractivity contribution < 1.29 is 9.59 Å². The number of nitrogens with one attached hydrogen (secondary N) is 2. The Morgan fingerprint density at radius 3 is 2.38 bits per heavy atom. The molecule has 2 amide bonds. The standard InChI is InChI=1S/C20H25N3O2.ClH/c1-3-6-17(21)20(25)23-18-8-5-4-7-16(18)19(24)22-13-15-11-9-14(2)10-12-15;/h4-5,7-12,17H,3,6,13,21H2,1-2H3,(H,22,24)(H,23,25);1H. The first-order valence-electron chi connectivity index (χ1n) is 8.50. The van der Waals surface area contributed by atoms with Crippen molar-refractivity contribution in [1.29, 1.82) is 0 Å². The Bertz CT molecular complexity index is 732. The van der Waals surface area contributed by atoms with Crippen LogP contribution >= 0.6 is 12.4 Å². The Kier molecular flexibility index (Phi) is 8.82. The van der Waals surface area contributed by atoms with E-state index in [2.05, 4.69) is 10.6 Å². The minimum absolute atomic E-state index is 0. The summed E-state index contributed by atoms with van der Waals surface area (Å²) in [6.45, 7) is 4.42. The van der Waals surface area contributed by atoms with E-state index in [9.17, 15) is 9.59 Å². The molecule has 0 aromatic heterocycles. The molecule has 0 aliphatic carbocycles. The third-order valence-corrected chi connectivity index (χ3v) is 3.94. The van der Waals surface area contributed by atoms with E-state index in [0.29, 0.717) is 24.2 Å². The van der Waals surface area contributed by atoms with Crippen LogP contribution in [-0.2, 0) is 11.3 Å². The van der Waals surface area contributed by atoms with Gasteiger partial charge in [0, 0.05) is 6.54 Å². The number of para-hydroxylation sites is 1. The Labute approximate surface area is 160 Å². The highest BCUT2D eigenvalue weighted by atomic mass is 35.5. The summed E-state index contributed by atoms with van der Waals surface area (Å²) in [5.41, 5.74) is 8.92. The van der Waals surface area contributed by atoms with Crippen LogP contribution in [0.25, 0.3) is 0 Å². The van der Waals surface area contributed by atoms with Gasteiger partial charge in [0.15, 0.2) is 0 Å². The van der Waals surface area contributed by atoms with Crippen molar-refractivity contribution >= 4 is 29.9 Å². The molecule has 0 heterocycles. The number of hydrogen-bond donors (Lipinski definition) is 3. The average Bonchev–Trinajstić information content (AvgIpc) is 2.61. The summed E-state index contributed by atoms with van der Waals surface area (Å²) in [6, 6.07) is 14.3. The Morgan fingerprint density at radius 1 is 1.08 bits per heavy atom. The summed E-state index contributed by atoms with van der Waals surface area (Å²) in [5, 5.41) is 5.64. The van der Waals surface area contributed by atoms with Crippen molar-refractivity contribution in [1.82, 2.24) is 5.32 Å². The van der Waals surface area contributed by atoms with Gasteiger partial charge in [0.25, 0.3) is 5.91 Å². The van der Waals surface area contributed by atoms with Gasteiger partial charge >= 0.3 is 0 Å². The third-order valence-electron chi connectivity index (χ3n) is 3.94. The van der Waals surface area contributed by atoms with Crippen LogP contribution in [0.4, 0.5) is 5.69 Å². The molecule has 0 fully saturated rings. The lowest BCUT2D eigenvalue weighted by atomic mass is 10.1. The molecule has 0 spiro atoms. The summed E-state index contributed by atoms with van der Waals surface area (Å²) in [5.74, 6) is -0.513. The van der Waals surface area contributed by atoms with Crippen LogP contribution in [-0.4, -0.2) is 17.9 Å². The van der Waals surface area contributed by atoms with Gasteiger partial charge in [0.1, 0.15) is 0 Å². The van der Waals surface area contributed by atoms with Crippen LogP contribution in [0.1, 0.15) is 41.3 Å². The predicted molar refractivity (Wildman–Crippen MR) is 108 cm³/mol. The number of carbonyl (C=O) groups excluding carboxylic acids is 2. The zero-order chi connectivity index (χ0) is 18.2. The lowest BCUT2D eigenvalue weighted by molar-refractivity contribution is -0.117. The van der Waals surface area contributed by atoms with Gasteiger partial charge in [-0.2, -0.15) is 0 Å². The van der Waals surface area contributed by atoms with E-state index in [4.69, 9.17) is 5.73 Å². The summed E-state index contributed by atoms with van der Waals surface area (Å²) in [6.07, 6.45) is 1.43. The Balaban J connectivity index is 0.00000338. The molecule has 1 unspecified atom stereocenters. The highest BCUT2D eigenvalue weighted by molar-refractivity contribution is 6.04. The molecule has 2 aromatic rings. The number of benzene rings is 2. The topological polar surface area (TPSA) is 84.2 Å². The number of halogens is 1. The molecule has 26 heavy (non-hydrogen) atoms. The second-order valence-corrected chi connectivity index (χ2v) is 6.10. The fourth-order valence-corrected chi connectivity index (χ4v) is 2.44. The molecule has 0 saturated carbocycles. The smallest absolute Gasteiger partial charge is 0.253 e. The molecule has 2 aromatic carbocycles. The van der Waals surface area contributed by atoms with Crippen LogP contribution in [0.2, 0.25) is 0 Å². The van der Waals surface area contributed by atoms with Gasteiger partial charge in [0.05, 0.1) is 17.3 Å². The molecule has 0 bridgehead atoms. The monoisotopic (exact) mass is 375 g/mol. The second kappa shape index (κ2) is 10.6. The first kappa shape index (κ1) is 21.7. The SMILES string of the molecule is CCCC(N)C(=O)Nc1ccccc1C(=O)NCc1ccc(C)cc1.Cl. The van der Waals surface area contributed by atoms with Gasteiger partial charge in [-0.3, -0.25) is 9.59 Å². The Morgan fingerprint density at radius 2 is 1.73 bits per heavy atom. The number of amides is 2. The quantitative estimate of drug-likeness (QED) is 0.693. The van der Waals surface area contributed by atoms with E-state index in [-0.39, 0.29) is 24.2 Å². The first-order valence-corrected chi connectivity index (χ1v) is 8.50. The van der Waals surface area contributed by atoms with Crippen LogP contribution in [0.3, 0.4) is 0 Å². The van der Waals surface area contributed by atoms with Crippen LogP contribution < -0.4 is 16.4 Å². The summed E-state index contributed by atoms with van der Waals surface area (Å²) < 4.78 is 0. The molecule has 0 aliphatic heterocycles. The molecular weight excluding hydrogens is 350 g/mol. The summed E-state index contributed by atoms with van der Waals surface area (Å²) >= 11 is 0. The third kappa shape index (κ3) is 6.17. The van der Waals surface area contributed by atoms with Crippen LogP contribution in [0.5, 0.6) is 0 Å². The van der Waals surface area contributed by atoms with E-state index < -0.39 is 6.04 Å². The maximum Gasteiger partial charge on any atom is 0.253 e. The lowest BCUT2D eigenvalue weighted by Gasteiger charge is -2.14. The van der Waals surface area contributed by atoms with Crippen molar-refractivity contribution in [3.8, 4) is 0 Å².